The summed E-state index contributed by atoms with van der Waals surface area (Å²) in [6, 6.07) is 13.9. The largest absolute Gasteiger partial charge is 0.451 e. The zero-order chi connectivity index (χ0) is 19.6. The first-order chi connectivity index (χ1) is 14.3. The molecule has 4 heterocycles. The molecule has 3 aromatic heterocycles. The fraction of sp³-hybridized carbons (Fsp3) is 0.227. The third-order valence-corrected chi connectivity index (χ3v) is 7.04. The smallest absolute Gasteiger partial charge is 0.290 e. The van der Waals surface area contributed by atoms with Crippen molar-refractivity contribution in [1.29, 1.82) is 0 Å². The molecule has 1 saturated heterocycles. The van der Waals surface area contributed by atoms with E-state index in [1.54, 1.807) is 29.8 Å². The minimum atomic E-state index is -0.0262. The summed E-state index contributed by atoms with van der Waals surface area (Å²) in [7, 11) is 0. The Morgan fingerprint density at radius 2 is 2.03 bits per heavy atom. The summed E-state index contributed by atoms with van der Waals surface area (Å²) >= 11 is 3.22. The van der Waals surface area contributed by atoms with Crippen LogP contribution in [0.3, 0.4) is 0 Å². The first-order valence-corrected chi connectivity index (χ1v) is 11.4. The summed E-state index contributed by atoms with van der Waals surface area (Å²) < 4.78 is 6.09. The van der Waals surface area contributed by atoms with Gasteiger partial charge >= 0.3 is 0 Å². The second-order valence-corrected chi connectivity index (χ2v) is 8.82. The van der Waals surface area contributed by atoms with E-state index in [2.05, 4.69) is 21.4 Å². The minimum absolute atomic E-state index is 0.0262. The van der Waals surface area contributed by atoms with Crippen LogP contribution in [0.2, 0.25) is 0 Å². The molecule has 5 nitrogen and oxygen atoms in total. The van der Waals surface area contributed by atoms with Crippen LogP contribution in [0.5, 0.6) is 0 Å². The van der Waals surface area contributed by atoms with Crippen LogP contribution in [0, 0.1) is 0 Å². The van der Waals surface area contributed by atoms with E-state index in [0.717, 1.165) is 35.9 Å². The van der Waals surface area contributed by atoms with E-state index in [1.165, 1.54) is 16.6 Å². The SMILES string of the molecule is O=C(c1oc2ccccc2c1CSc1ncccn1)N1CCCC1c1cccs1. The molecular weight excluding hydrogens is 402 g/mol. The van der Waals surface area contributed by atoms with E-state index in [-0.39, 0.29) is 11.9 Å². The Labute approximate surface area is 176 Å². The fourth-order valence-corrected chi connectivity index (χ4v) is 5.53. The zero-order valence-corrected chi connectivity index (χ0v) is 17.3. The van der Waals surface area contributed by atoms with Gasteiger partial charge < -0.3 is 9.32 Å². The van der Waals surface area contributed by atoms with Gasteiger partial charge in [0.15, 0.2) is 10.9 Å². The Hall–Kier alpha value is -2.64. The maximum Gasteiger partial charge on any atom is 0.290 e. The topological polar surface area (TPSA) is 59.2 Å². The van der Waals surface area contributed by atoms with Crippen molar-refractivity contribution in [2.75, 3.05) is 6.54 Å². The summed E-state index contributed by atoms with van der Waals surface area (Å²) in [4.78, 5) is 25.3. The predicted molar refractivity (Wildman–Crippen MR) is 115 cm³/mol. The molecule has 5 rings (SSSR count). The van der Waals surface area contributed by atoms with Gasteiger partial charge in [-0.15, -0.1) is 11.3 Å². The number of likely N-dealkylation sites (tertiary alicyclic amines) is 1. The fourth-order valence-electron chi connectivity index (χ4n) is 3.83. The van der Waals surface area contributed by atoms with Crippen molar-refractivity contribution in [2.45, 2.75) is 29.8 Å². The number of carbonyl (C=O) groups excluding carboxylic acids is 1. The molecule has 1 aromatic carbocycles. The van der Waals surface area contributed by atoms with Crippen LogP contribution in [0.25, 0.3) is 11.0 Å². The summed E-state index contributed by atoms with van der Waals surface area (Å²) in [6.45, 7) is 0.757. The number of furan rings is 1. The first kappa shape index (κ1) is 18.4. The number of thioether (sulfide) groups is 1. The summed E-state index contributed by atoms with van der Waals surface area (Å²) in [5.74, 6) is 0.999. The molecule has 0 N–H and O–H groups in total. The molecule has 0 spiro atoms. The average molecular weight is 422 g/mol. The Balaban J connectivity index is 1.49. The Morgan fingerprint density at radius 3 is 2.86 bits per heavy atom. The van der Waals surface area contributed by atoms with E-state index < -0.39 is 0 Å². The number of amides is 1. The number of para-hydroxylation sites is 1. The van der Waals surface area contributed by atoms with Gasteiger partial charge in [-0.25, -0.2) is 9.97 Å². The van der Waals surface area contributed by atoms with Crippen molar-refractivity contribution in [3.63, 3.8) is 0 Å². The lowest BCUT2D eigenvalue weighted by molar-refractivity contribution is 0.0707. The lowest BCUT2D eigenvalue weighted by Crippen LogP contribution is -2.30. The highest BCUT2D eigenvalue weighted by molar-refractivity contribution is 7.98. The second-order valence-electron chi connectivity index (χ2n) is 6.90. The normalized spacial score (nSPS) is 16.6. The molecule has 1 fully saturated rings. The lowest BCUT2D eigenvalue weighted by atomic mass is 10.1. The summed E-state index contributed by atoms with van der Waals surface area (Å²) in [5.41, 5.74) is 1.66. The molecule has 0 radical (unpaired) electrons. The van der Waals surface area contributed by atoms with Crippen molar-refractivity contribution >= 4 is 40.0 Å². The van der Waals surface area contributed by atoms with E-state index >= 15 is 0 Å². The van der Waals surface area contributed by atoms with Crippen LogP contribution in [0.15, 0.2) is 69.8 Å². The van der Waals surface area contributed by atoms with Crippen LogP contribution in [-0.4, -0.2) is 27.3 Å². The monoisotopic (exact) mass is 421 g/mol. The molecule has 1 unspecified atom stereocenters. The van der Waals surface area contributed by atoms with Crippen LogP contribution >= 0.6 is 23.1 Å². The highest BCUT2D eigenvalue weighted by Crippen LogP contribution is 2.38. The Morgan fingerprint density at radius 1 is 1.17 bits per heavy atom. The van der Waals surface area contributed by atoms with Gasteiger partial charge in [-0.05, 0) is 36.4 Å². The van der Waals surface area contributed by atoms with Crippen LogP contribution in [0.1, 0.15) is 39.9 Å². The van der Waals surface area contributed by atoms with Gasteiger partial charge in [-0.1, -0.05) is 36.0 Å². The van der Waals surface area contributed by atoms with Gasteiger partial charge in [0.1, 0.15) is 5.58 Å². The van der Waals surface area contributed by atoms with E-state index in [4.69, 9.17) is 4.42 Å². The van der Waals surface area contributed by atoms with Gasteiger partial charge in [-0.2, -0.15) is 0 Å². The minimum Gasteiger partial charge on any atom is -0.451 e. The molecule has 0 aliphatic carbocycles. The number of aromatic nitrogens is 2. The van der Waals surface area contributed by atoms with Crippen molar-refractivity contribution in [2.24, 2.45) is 0 Å². The third-order valence-electron chi connectivity index (χ3n) is 5.17. The molecule has 0 saturated carbocycles. The number of fused-ring (bicyclic) bond motifs is 1. The molecule has 0 bridgehead atoms. The third kappa shape index (κ3) is 3.56. The van der Waals surface area contributed by atoms with Crippen molar-refractivity contribution in [3.05, 3.63) is 76.4 Å². The molecule has 146 valence electrons. The number of nitrogens with zero attached hydrogens (tertiary/aromatic N) is 3. The number of benzene rings is 1. The number of carbonyl (C=O) groups is 1. The maximum atomic E-state index is 13.6. The second kappa shape index (κ2) is 8.00. The molecule has 1 atom stereocenters. The van der Waals surface area contributed by atoms with Gasteiger partial charge in [0.2, 0.25) is 0 Å². The predicted octanol–water partition coefficient (Wildman–Crippen LogP) is 5.55. The number of rotatable bonds is 5. The van der Waals surface area contributed by atoms with Crippen LogP contribution in [-0.2, 0) is 5.75 Å². The van der Waals surface area contributed by atoms with Crippen molar-refractivity contribution in [1.82, 2.24) is 14.9 Å². The number of hydrogen-bond acceptors (Lipinski definition) is 6. The zero-order valence-electron chi connectivity index (χ0n) is 15.7. The Bertz CT molecular complexity index is 1130. The van der Waals surface area contributed by atoms with Crippen LogP contribution < -0.4 is 0 Å². The van der Waals surface area contributed by atoms with Gasteiger partial charge in [0.05, 0.1) is 6.04 Å². The highest BCUT2D eigenvalue weighted by Gasteiger charge is 2.34. The standard InChI is InChI=1S/C22H19N3O2S2/c26-21(25-12-3-7-17(25)19-9-4-13-28-19)20-16(14-29-22-23-10-5-11-24-22)15-6-1-2-8-18(15)27-20/h1-2,4-6,8-11,13,17H,3,7,12,14H2. The number of hydrogen-bond donors (Lipinski definition) is 0. The maximum absolute atomic E-state index is 13.6. The van der Waals surface area contributed by atoms with Gasteiger partial charge in [-0.3, -0.25) is 4.79 Å². The molecular formula is C22H19N3O2S2. The molecule has 4 aromatic rings. The highest BCUT2D eigenvalue weighted by atomic mass is 32.2. The average Bonchev–Trinajstić information content (AvgIpc) is 3.51. The molecule has 1 aliphatic rings. The number of thiophene rings is 1. The Kier molecular flexibility index (Phi) is 5.08. The summed E-state index contributed by atoms with van der Waals surface area (Å²) in [6.07, 6.45) is 5.46. The van der Waals surface area contributed by atoms with E-state index in [1.807, 2.05) is 35.2 Å². The van der Waals surface area contributed by atoms with Crippen molar-refractivity contribution in [3.8, 4) is 0 Å². The molecule has 1 amide bonds. The molecule has 29 heavy (non-hydrogen) atoms. The summed E-state index contributed by atoms with van der Waals surface area (Å²) in [5, 5.41) is 3.74. The van der Waals surface area contributed by atoms with Crippen molar-refractivity contribution < 1.29 is 9.21 Å². The lowest BCUT2D eigenvalue weighted by Gasteiger charge is -2.23. The van der Waals surface area contributed by atoms with Crippen LogP contribution in [0.4, 0.5) is 0 Å². The quantitative estimate of drug-likeness (QED) is 0.312. The van der Waals surface area contributed by atoms with Gasteiger partial charge in [0.25, 0.3) is 5.91 Å². The van der Waals surface area contributed by atoms with E-state index in [0.29, 0.717) is 16.7 Å². The first-order valence-electron chi connectivity index (χ1n) is 9.56. The molecule has 1 aliphatic heterocycles. The van der Waals surface area contributed by atoms with Gasteiger partial charge in [0, 0.05) is 40.5 Å². The van der Waals surface area contributed by atoms with E-state index in [9.17, 15) is 4.79 Å². The molecule has 7 heteroatoms.